The quantitative estimate of drug-likeness (QED) is 0.499. The van der Waals surface area contributed by atoms with Gasteiger partial charge in [0.1, 0.15) is 23.4 Å². The Bertz CT molecular complexity index is 1350. The Balaban J connectivity index is 1.65. The summed E-state index contributed by atoms with van der Waals surface area (Å²) in [5.74, 6) is -1.84. The predicted octanol–water partition coefficient (Wildman–Crippen LogP) is 3.04. The summed E-state index contributed by atoms with van der Waals surface area (Å²) in [5, 5.41) is 12.3. The normalized spacial score (nSPS) is 22.6. The van der Waals surface area contributed by atoms with Crippen LogP contribution in [0.15, 0.2) is 30.5 Å². The number of nitrogens with two attached hydrogens (primary N) is 1. The molecule has 1 aromatic carbocycles. The Kier molecular flexibility index (Phi) is 8.03. The summed E-state index contributed by atoms with van der Waals surface area (Å²) in [6.07, 6.45) is 0.991. The van der Waals surface area contributed by atoms with E-state index in [2.05, 4.69) is 29.4 Å². The third-order valence-electron chi connectivity index (χ3n) is 8.39. The number of primary amides is 1. The lowest BCUT2D eigenvalue weighted by atomic mass is 9.96. The molecular weight excluding hydrogens is 524 g/mol. The third-order valence-corrected chi connectivity index (χ3v) is 8.39. The fourth-order valence-corrected chi connectivity index (χ4v) is 6.29. The van der Waals surface area contributed by atoms with Crippen molar-refractivity contribution in [2.45, 2.75) is 79.1 Å². The zero-order valence-electron chi connectivity index (χ0n) is 25.2. The number of benzene rings is 1. The van der Waals surface area contributed by atoms with Crippen LogP contribution in [-0.2, 0) is 19.1 Å². The molecule has 2 fully saturated rings. The minimum atomic E-state index is -1.24. The van der Waals surface area contributed by atoms with Gasteiger partial charge in [-0.1, -0.05) is 52.0 Å². The number of amides is 4. The molecule has 1 aliphatic carbocycles. The van der Waals surface area contributed by atoms with Crippen LogP contribution in [0.1, 0.15) is 67.1 Å². The monoisotopic (exact) mass is 566 g/mol. The van der Waals surface area contributed by atoms with E-state index in [1.54, 1.807) is 50.9 Å². The van der Waals surface area contributed by atoms with Crippen molar-refractivity contribution in [3.05, 3.63) is 36.2 Å². The minimum absolute atomic E-state index is 0.107. The molecule has 11 heteroatoms. The molecule has 41 heavy (non-hydrogen) atoms. The molecule has 0 bridgehead atoms. The van der Waals surface area contributed by atoms with E-state index in [4.69, 9.17) is 10.5 Å². The van der Waals surface area contributed by atoms with Crippen LogP contribution >= 0.6 is 0 Å². The fraction of sp³-hybridized carbons (Fsp3) is 0.600. The van der Waals surface area contributed by atoms with Crippen LogP contribution in [0.4, 0.5) is 4.79 Å². The van der Waals surface area contributed by atoms with Gasteiger partial charge in [0.2, 0.25) is 17.7 Å². The molecule has 4 amide bonds. The van der Waals surface area contributed by atoms with Crippen LogP contribution < -0.4 is 11.1 Å². The van der Waals surface area contributed by atoms with Gasteiger partial charge in [-0.25, -0.2) is 4.79 Å². The SMILES string of the molecule is CCN(C(=O)OC(C)(C)C)[C@H](C(=O)N1C[C@H]2[C@@H]([C@H]1C(=O)NC(C(N)=O)c1nncc3ccccc13)C2(C)C)C(C)C. The second kappa shape index (κ2) is 10.9. The van der Waals surface area contributed by atoms with Crippen LogP contribution in [0.5, 0.6) is 0 Å². The maximum atomic E-state index is 14.2. The number of nitrogens with one attached hydrogen (secondary N) is 1. The number of likely N-dealkylation sites (tertiary alicyclic amines) is 1. The maximum Gasteiger partial charge on any atom is 0.410 e. The van der Waals surface area contributed by atoms with Crippen LogP contribution in [-0.4, -0.2) is 74.6 Å². The second-order valence-electron chi connectivity index (χ2n) is 13.0. The van der Waals surface area contributed by atoms with Gasteiger partial charge in [0.05, 0.1) is 6.20 Å². The van der Waals surface area contributed by atoms with Gasteiger partial charge in [-0.05, 0) is 50.9 Å². The van der Waals surface area contributed by atoms with Gasteiger partial charge >= 0.3 is 6.09 Å². The highest BCUT2D eigenvalue weighted by molar-refractivity contribution is 5.97. The highest BCUT2D eigenvalue weighted by atomic mass is 16.6. The van der Waals surface area contributed by atoms with Gasteiger partial charge in [0, 0.05) is 23.9 Å². The standard InChI is InChI=1S/C30H42N6O5/c1-9-35(28(40)41-29(4,5)6)23(16(2)3)27(39)36-15-19-20(30(19,7)8)24(36)26(38)33-22(25(31)37)21-18-13-11-10-12-17(18)14-32-34-21/h10-14,16,19-20,22-24H,9,15H2,1-8H3,(H2,31,37)(H,33,38)/t19-,20-,22?,23-,24-/m0/s1. The van der Waals surface area contributed by atoms with E-state index >= 15 is 0 Å². The molecule has 1 aromatic heterocycles. The Labute approximate surface area is 241 Å². The lowest BCUT2D eigenvalue weighted by molar-refractivity contribution is -0.146. The summed E-state index contributed by atoms with van der Waals surface area (Å²) in [5.41, 5.74) is 5.12. The summed E-state index contributed by atoms with van der Waals surface area (Å²) in [6.45, 7) is 15.6. The summed E-state index contributed by atoms with van der Waals surface area (Å²) in [6, 6.07) is 4.35. The fourth-order valence-electron chi connectivity index (χ4n) is 6.29. The Hall–Kier alpha value is -3.76. The number of carbonyl (C=O) groups excluding carboxylic acids is 4. The maximum absolute atomic E-state index is 14.2. The first-order valence-electron chi connectivity index (χ1n) is 14.2. The smallest absolute Gasteiger partial charge is 0.410 e. The van der Waals surface area contributed by atoms with Crippen molar-refractivity contribution in [3.63, 3.8) is 0 Å². The number of nitrogens with zero attached hydrogens (tertiary/aromatic N) is 4. The number of rotatable bonds is 8. The highest BCUT2D eigenvalue weighted by Crippen LogP contribution is 2.65. The van der Waals surface area contributed by atoms with E-state index in [0.717, 1.165) is 5.39 Å². The van der Waals surface area contributed by atoms with E-state index in [0.29, 0.717) is 11.9 Å². The zero-order valence-corrected chi connectivity index (χ0v) is 25.2. The van der Waals surface area contributed by atoms with Crippen molar-refractivity contribution in [1.82, 2.24) is 25.3 Å². The molecule has 2 aromatic rings. The molecule has 2 aliphatic rings. The zero-order chi connectivity index (χ0) is 30.4. The first kappa shape index (κ1) is 30.2. The van der Waals surface area contributed by atoms with Crippen LogP contribution in [0.3, 0.4) is 0 Å². The number of aromatic nitrogens is 2. The van der Waals surface area contributed by atoms with E-state index < -0.39 is 41.6 Å². The lowest BCUT2D eigenvalue weighted by Gasteiger charge is -2.39. The van der Waals surface area contributed by atoms with Gasteiger partial charge in [-0.3, -0.25) is 19.3 Å². The molecule has 1 unspecified atom stereocenters. The van der Waals surface area contributed by atoms with E-state index in [-0.39, 0.29) is 41.3 Å². The van der Waals surface area contributed by atoms with Crippen LogP contribution in [0, 0.1) is 23.2 Å². The molecule has 5 atom stereocenters. The van der Waals surface area contributed by atoms with Crippen molar-refractivity contribution in [2.75, 3.05) is 13.1 Å². The third kappa shape index (κ3) is 5.71. The molecule has 3 N–H and O–H groups in total. The van der Waals surface area contributed by atoms with Gasteiger partial charge in [0.25, 0.3) is 0 Å². The predicted molar refractivity (Wildman–Crippen MR) is 153 cm³/mol. The molecule has 0 spiro atoms. The number of ether oxygens (including phenoxy) is 1. The summed E-state index contributed by atoms with van der Waals surface area (Å²) in [7, 11) is 0. The molecule has 0 radical (unpaired) electrons. The molecular formula is C30H42N6O5. The lowest BCUT2D eigenvalue weighted by Crippen LogP contribution is -2.59. The van der Waals surface area contributed by atoms with Gasteiger partial charge in [-0.15, -0.1) is 0 Å². The number of hydrogen-bond donors (Lipinski definition) is 2. The first-order valence-corrected chi connectivity index (χ1v) is 14.2. The van der Waals surface area contributed by atoms with Gasteiger partial charge in [0.15, 0.2) is 6.04 Å². The summed E-state index contributed by atoms with van der Waals surface area (Å²) >= 11 is 0. The largest absolute Gasteiger partial charge is 0.444 e. The highest BCUT2D eigenvalue weighted by Gasteiger charge is 2.70. The molecule has 11 nitrogen and oxygen atoms in total. The van der Waals surface area contributed by atoms with Crippen LogP contribution in [0.25, 0.3) is 10.8 Å². The van der Waals surface area contributed by atoms with Crippen LogP contribution in [0.2, 0.25) is 0 Å². The topological polar surface area (TPSA) is 148 Å². The molecule has 1 saturated carbocycles. The van der Waals surface area contributed by atoms with Crippen molar-refractivity contribution < 1.29 is 23.9 Å². The molecule has 4 rings (SSSR count). The number of fused-ring (bicyclic) bond motifs is 2. The van der Waals surface area contributed by atoms with Crippen molar-refractivity contribution in [2.24, 2.45) is 28.9 Å². The Morgan fingerprint density at radius 1 is 1.20 bits per heavy atom. The number of hydrogen-bond acceptors (Lipinski definition) is 7. The molecule has 1 saturated heterocycles. The Morgan fingerprint density at radius 3 is 2.44 bits per heavy atom. The van der Waals surface area contributed by atoms with Gasteiger partial charge in [-0.2, -0.15) is 10.2 Å². The average molecular weight is 567 g/mol. The first-order chi connectivity index (χ1) is 19.1. The second-order valence-corrected chi connectivity index (χ2v) is 13.0. The Morgan fingerprint density at radius 2 is 1.85 bits per heavy atom. The van der Waals surface area contributed by atoms with Gasteiger partial charge < -0.3 is 20.7 Å². The molecule has 222 valence electrons. The van der Waals surface area contributed by atoms with E-state index in [1.807, 2.05) is 26.0 Å². The van der Waals surface area contributed by atoms with Crippen molar-refractivity contribution in [1.29, 1.82) is 0 Å². The van der Waals surface area contributed by atoms with Crippen molar-refractivity contribution in [3.8, 4) is 0 Å². The number of likely N-dealkylation sites (N-methyl/N-ethyl adjacent to an activating group) is 1. The summed E-state index contributed by atoms with van der Waals surface area (Å²) in [4.78, 5) is 57.0. The molecule has 2 heterocycles. The van der Waals surface area contributed by atoms with Crippen molar-refractivity contribution >= 4 is 34.6 Å². The average Bonchev–Trinajstić information content (AvgIpc) is 3.21. The number of carbonyl (C=O) groups is 4. The molecule has 1 aliphatic heterocycles. The van der Waals surface area contributed by atoms with E-state index in [9.17, 15) is 19.2 Å². The number of piperidine rings is 1. The van der Waals surface area contributed by atoms with E-state index in [1.165, 1.54) is 4.90 Å². The minimum Gasteiger partial charge on any atom is -0.444 e. The summed E-state index contributed by atoms with van der Waals surface area (Å²) < 4.78 is 5.61.